The maximum atomic E-state index is 6.36. The third-order valence-electron chi connectivity index (χ3n) is 5.21. The van der Waals surface area contributed by atoms with Crippen LogP contribution in [0.2, 0.25) is 10.0 Å². The van der Waals surface area contributed by atoms with Crippen molar-refractivity contribution in [1.82, 2.24) is 5.32 Å². The molecule has 1 unspecified atom stereocenters. The van der Waals surface area contributed by atoms with E-state index in [2.05, 4.69) is 22.3 Å². The van der Waals surface area contributed by atoms with Gasteiger partial charge in [-0.05, 0) is 42.5 Å². The lowest BCUT2D eigenvalue weighted by Crippen LogP contribution is -2.46. The summed E-state index contributed by atoms with van der Waals surface area (Å²) in [5, 5.41) is 5.27. The molecule has 7 heteroatoms. The molecule has 1 aliphatic heterocycles. The molecule has 0 aromatic heterocycles. The van der Waals surface area contributed by atoms with Crippen LogP contribution in [0.25, 0.3) is 0 Å². The van der Waals surface area contributed by atoms with Crippen LogP contribution >= 0.6 is 35.4 Å². The van der Waals surface area contributed by atoms with Crippen LogP contribution < -0.4 is 15.1 Å². The lowest BCUT2D eigenvalue weighted by atomic mass is 10.0. The van der Waals surface area contributed by atoms with Crippen molar-refractivity contribution in [1.29, 1.82) is 0 Å². The molecular weight excluding hydrogens is 447 g/mol. The van der Waals surface area contributed by atoms with E-state index in [0.717, 1.165) is 28.2 Å². The van der Waals surface area contributed by atoms with Crippen molar-refractivity contribution in [3.05, 3.63) is 94.0 Å². The van der Waals surface area contributed by atoms with Gasteiger partial charge < -0.3 is 15.1 Å². The van der Waals surface area contributed by atoms with Gasteiger partial charge in [-0.15, -0.1) is 0 Å². The standard InChI is InChI=1S/C24H22Cl2N4S/c1-29-15-22(28-24(31)30(2)21-11-7-6-10-19(21)26)27-23(16-8-4-3-5-9-16)18-14-17(25)12-13-20(18)29/h3-14,22H,15H2,1-2H3,(H,28,31). The number of likely N-dealkylation sites (N-methyl/N-ethyl adjacent to an activating group) is 1. The monoisotopic (exact) mass is 468 g/mol. The van der Waals surface area contributed by atoms with E-state index in [0.29, 0.717) is 21.7 Å². The summed E-state index contributed by atoms with van der Waals surface area (Å²) in [6, 6.07) is 23.7. The fourth-order valence-electron chi connectivity index (χ4n) is 3.63. The van der Waals surface area contributed by atoms with Gasteiger partial charge in [-0.25, -0.2) is 0 Å². The zero-order chi connectivity index (χ0) is 22.0. The van der Waals surface area contributed by atoms with Crippen LogP contribution in [0.1, 0.15) is 11.1 Å². The van der Waals surface area contributed by atoms with Gasteiger partial charge in [0.25, 0.3) is 0 Å². The van der Waals surface area contributed by atoms with Crippen molar-refractivity contribution in [3.8, 4) is 0 Å². The van der Waals surface area contributed by atoms with Gasteiger partial charge >= 0.3 is 0 Å². The highest BCUT2D eigenvalue weighted by atomic mass is 35.5. The highest BCUT2D eigenvalue weighted by Crippen LogP contribution is 2.30. The Kier molecular flexibility index (Phi) is 6.46. The van der Waals surface area contributed by atoms with E-state index in [1.807, 2.05) is 79.7 Å². The molecular formula is C24H22Cl2N4S. The maximum Gasteiger partial charge on any atom is 0.174 e. The second-order valence-corrected chi connectivity index (χ2v) is 8.59. The van der Waals surface area contributed by atoms with E-state index in [-0.39, 0.29) is 6.17 Å². The van der Waals surface area contributed by atoms with Gasteiger partial charge in [0, 0.05) is 35.9 Å². The molecule has 0 amide bonds. The molecule has 1 heterocycles. The molecule has 31 heavy (non-hydrogen) atoms. The number of aliphatic imine (C=N–C) groups is 1. The summed E-state index contributed by atoms with van der Waals surface area (Å²) in [6.45, 7) is 0.640. The van der Waals surface area contributed by atoms with Crippen molar-refractivity contribution < 1.29 is 0 Å². The molecule has 4 nitrogen and oxygen atoms in total. The Morgan fingerprint density at radius 2 is 1.77 bits per heavy atom. The first-order valence-electron chi connectivity index (χ1n) is 9.87. The largest absolute Gasteiger partial charge is 0.370 e. The van der Waals surface area contributed by atoms with E-state index in [9.17, 15) is 0 Å². The van der Waals surface area contributed by atoms with Gasteiger partial charge in [0.05, 0.1) is 23.0 Å². The number of fused-ring (bicyclic) bond motifs is 1. The van der Waals surface area contributed by atoms with Gasteiger partial charge in [-0.3, -0.25) is 4.99 Å². The summed E-state index contributed by atoms with van der Waals surface area (Å²) in [5.41, 5.74) is 4.81. The quantitative estimate of drug-likeness (QED) is 0.505. The summed E-state index contributed by atoms with van der Waals surface area (Å²) in [5.74, 6) is 0. The Hall–Kier alpha value is -2.60. The lowest BCUT2D eigenvalue weighted by molar-refractivity contribution is 0.632. The van der Waals surface area contributed by atoms with Crippen molar-refractivity contribution in [2.45, 2.75) is 6.17 Å². The maximum absolute atomic E-state index is 6.36. The van der Waals surface area contributed by atoms with Crippen LogP contribution in [0.3, 0.4) is 0 Å². The zero-order valence-corrected chi connectivity index (χ0v) is 19.5. The van der Waals surface area contributed by atoms with Gasteiger partial charge in [-0.1, -0.05) is 65.7 Å². The Labute approximate surface area is 198 Å². The number of nitrogens with zero attached hydrogens (tertiary/aromatic N) is 3. The van der Waals surface area contributed by atoms with Crippen LogP contribution in [-0.2, 0) is 0 Å². The van der Waals surface area contributed by atoms with Crippen LogP contribution in [0.5, 0.6) is 0 Å². The van der Waals surface area contributed by atoms with Gasteiger partial charge in [0.1, 0.15) is 6.17 Å². The van der Waals surface area contributed by atoms with Crippen LogP contribution in [0, 0.1) is 0 Å². The molecule has 0 fully saturated rings. The molecule has 0 spiro atoms. The van der Waals surface area contributed by atoms with Gasteiger partial charge in [-0.2, -0.15) is 0 Å². The number of thiocarbonyl (C=S) groups is 1. The summed E-state index contributed by atoms with van der Waals surface area (Å²) in [6.07, 6.45) is -0.260. The molecule has 3 aromatic rings. The number of hydrogen-bond donors (Lipinski definition) is 1. The lowest BCUT2D eigenvalue weighted by Gasteiger charge is -2.27. The molecule has 3 aromatic carbocycles. The predicted molar refractivity (Wildman–Crippen MR) is 136 cm³/mol. The number of benzene rings is 3. The van der Waals surface area contributed by atoms with Crippen molar-refractivity contribution in [2.24, 2.45) is 4.99 Å². The van der Waals surface area contributed by atoms with Crippen molar-refractivity contribution >= 4 is 57.6 Å². The average molecular weight is 469 g/mol. The Morgan fingerprint density at radius 1 is 1.06 bits per heavy atom. The number of anilines is 2. The number of hydrogen-bond acceptors (Lipinski definition) is 3. The fraction of sp³-hybridized carbons (Fsp3) is 0.167. The van der Waals surface area contributed by atoms with Gasteiger partial charge in [0.15, 0.2) is 5.11 Å². The Morgan fingerprint density at radius 3 is 2.52 bits per heavy atom. The fourth-order valence-corrected chi connectivity index (χ4v) is 4.30. The van der Waals surface area contributed by atoms with E-state index < -0.39 is 0 Å². The van der Waals surface area contributed by atoms with Crippen LogP contribution in [0.15, 0.2) is 77.8 Å². The van der Waals surface area contributed by atoms with E-state index in [1.165, 1.54) is 0 Å². The molecule has 0 saturated carbocycles. The summed E-state index contributed by atoms with van der Waals surface area (Å²) < 4.78 is 0. The Bertz CT molecular complexity index is 1130. The highest BCUT2D eigenvalue weighted by Gasteiger charge is 2.24. The molecule has 0 radical (unpaired) electrons. The molecule has 1 N–H and O–H groups in total. The van der Waals surface area contributed by atoms with E-state index >= 15 is 0 Å². The second kappa shape index (κ2) is 9.27. The van der Waals surface area contributed by atoms with Crippen molar-refractivity contribution in [2.75, 3.05) is 30.4 Å². The number of rotatable bonds is 3. The Balaban J connectivity index is 1.69. The number of halogens is 2. The number of benzodiazepines with no additional fused rings is 1. The third kappa shape index (κ3) is 4.69. The first-order chi connectivity index (χ1) is 14.9. The minimum Gasteiger partial charge on any atom is -0.370 e. The molecule has 1 aliphatic rings. The minimum absolute atomic E-state index is 0.260. The summed E-state index contributed by atoms with van der Waals surface area (Å²) >= 11 is 18.4. The molecule has 0 aliphatic carbocycles. The molecule has 0 bridgehead atoms. The van der Waals surface area contributed by atoms with Crippen LogP contribution in [-0.4, -0.2) is 37.6 Å². The third-order valence-corrected chi connectivity index (χ3v) is 6.16. The summed E-state index contributed by atoms with van der Waals surface area (Å²) in [7, 11) is 3.94. The predicted octanol–water partition coefficient (Wildman–Crippen LogP) is 5.62. The SMILES string of the molecule is CN1CC(NC(=S)N(C)c2ccccc2Cl)N=C(c2ccccc2)c2cc(Cl)ccc21. The first kappa shape index (κ1) is 21.6. The molecule has 158 valence electrons. The van der Waals surface area contributed by atoms with Crippen LogP contribution in [0.4, 0.5) is 11.4 Å². The molecule has 0 saturated heterocycles. The smallest absolute Gasteiger partial charge is 0.174 e. The van der Waals surface area contributed by atoms with E-state index in [4.69, 9.17) is 40.4 Å². The highest BCUT2D eigenvalue weighted by molar-refractivity contribution is 7.80. The number of nitrogens with one attached hydrogen (secondary N) is 1. The topological polar surface area (TPSA) is 30.9 Å². The summed E-state index contributed by atoms with van der Waals surface area (Å²) in [4.78, 5) is 9.11. The second-order valence-electron chi connectivity index (χ2n) is 7.36. The van der Waals surface area contributed by atoms with Gasteiger partial charge in [0.2, 0.25) is 0 Å². The van der Waals surface area contributed by atoms with E-state index in [1.54, 1.807) is 0 Å². The molecule has 4 rings (SSSR count). The van der Waals surface area contributed by atoms with Crippen molar-refractivity contribution in [3.63, 3.8) is 0 Å². The first-order valence-corrected chi connectivity index (χ1v) is 11.0. The molecule has 1 atom stereocenters. The normalized spacial score (nSPS) is 15.5. The average Bonchev–Trinajstić information content (AvgIpc) is 2.90. The minimum atomic E-state index is -0.260. The number of para-hydroxylation sites is 1. The zero-order valence-electron chi connectivity index (χ0n) is 17.2.